The molecule has 0 radical (unpaired) electrons. The van der Waals surface area contributed by atoms with Crippen LogP contribution >= 0.6 is 0 Å². The molecule has 0 saturated carbocycles. The van der Waals surface area contributed by atoms with E-state index in [1.807, 2.05) is 13.8 Å². The van der Waals surface area contributed by atoms with Crippen LogP contribution in [0.1, 0.15) is 13.8 Å². The number of hydrogen-bond acceptors (Lipinski definition) is 4. The van der Waals surface area contributed by atoms with Gasteiger partial charge in [-0.2, -0.15) is 0 Å². The molecule has 0 heterocycles. The van der Waals surface area contributed by atoms with E-state index in [9.17, 15) is 0 Å². The average molecular weight is 542 g/mol. The molecule has 0 amide bonds. The molecule has 22 heavy (non-hydrogen) atoms. The van der Waals surface area contributed by atoms with Gasteiger partial charge in [-0.25, -0.2) is 0 Å². The fraction of sp³-hybridized carbons (Fsp3) is 0.857. The molecular weight excluding hydrogens is 510 g/mol. The van der Waals surface area contributed by atoms with E-state index in [1.165, 1.54) is 0 Å². The van der Waals surface area contributed by atoms with E-state index in [1.54, 1.807) is 0 Å². The summed E-state index contributed by atoms with van der Waals surface area (Å²) in [6, 6.07) is 0. The monoisotopic (exact) mass is 542 g/mol. The molecule has 0 unspecified atom stereocenters. The lowest BCUT2D eigenvalue weighted by Crippen LogP contribution is -3.00. The van der Waals surface area contributed by atoms with E-state index in [2.05, 4.69) is 52.6 Å². The average Bonchev–Trinajstić information content (AvgIpc) is 2.27. The van der Waals surface area contributed by atoms with Crippen LogP contribution in [0.4, 0.5) is 0 Å². The van der Waals surface area contributed by atoms with Crippen LogP contribution in [-0.4, -0.2) is 89.0 Å². The van der Waals surface area contributed by atoms with Gasteiger partial charge in [0.05, 0.1) is 42.3 Å². The molecule has 0 fully saturated rings. The summed E-state index contributed by atoms with van der Waals surface area (Å²) in [5, 5.41) is 8.09. The van der Waals surface area contributed by atoms with E-state index >= 15 is 0 Å². The summed E-state index contributed by atoms with van der Waals surface area (Å²) in [5.74, 6) is 0. The van der Waals surface area contributed by atoms with Crippen LogP contribution in [0.5, 0.6) is 0 Å². The van der Waals surface area contributed by atoms with E-state index in [0.717, 1.165) is 33.5 Å². The normalized spacial score (nSPS) is 13.1. The number of halogens is 2. The predicted molar refractivity (Wildman–Crippen MR) is 83.9 cm³/mol. The summed E-state index contributed by atoms with van der Waals surface area (Å²) < 4.78 is 1.71. The van der Waals surface area contributed by atoms with Gasteiger partial charge in [0.1, 0.15) is 24.5 Å². The zero-order chi connectivity index (χ0) is 15.8. The molecule has 0 aromatic rings. The zero-order valence-corrected chi connectivity index (χ0v) is 19.5. The van der Waals surface area contributed by atoms with Crippen molar-refractivity contribution in [2.75, 3.05) is 68.6 Å². The van der Waals surface area contributed by atoms with Gasteiger partial charge in [0, 0.05) is 0 Å². The molecule has 8 heteroatoms. The molecule has 0 saturated heterocycles. The van der Waals surface area contributed by atoms with Gasteiger partial charge in [-0.15, -0.1) is 0 Å². The molecule has 0 aliphatic carbocycles. The minimum atomic E-state index is 0. The van der Waals surface area contributed by atoms with Gasteiger partial charge in [-0.3, -0.25) is 0 Å². The molecule has 0 aliphatic rings. The van der Waals surface area contributed by atoms with Gasteiger partial charge in [-0.05, 0) is 13.8 Å². The van der Waals surface area contributed by atoms with Crippen molar-refractivity contribution >= 4 is 11.4 Å². The third-order valence-electron chi connectivity index (χ3n) is 2.63. The summed E-state index contributed by atoms with van der Waals surface area (Å²) in [5.41, 5.74) is 1.49. The highest BCUT2D eigenvalue weighted by molar-refractivity contribution is 6.40. The number of likely N-dealkylation sites (N-methyl/N-ethyl adjacent to an activating group) is 2. The summed E-state index contributed by atoms with van der Waals surface area (Å²) >= 11 is 0. The lowest BCUT2D eigenvalue weighted by atomic mass is 10.3. The molecule has 0 rings (SSSR count). The summed E-state index contributed by atoms with van der Waals surface area (Å²) in [4.78, 5) is 10.6. The van der Waals surface area contributed by atoms with Crippen LogP contribution in [0, 0.1) is 0 Å². The second-order valence-electron chi connectivity index (χ2n) is 7.05. The molecule has 0 bridgehead atoms. The molecule has 0 spiro atoms. The van der Waals surface area contributed by atoms with Crippen LogP contribution in [-0.2, 0) is 9.68 Å². The Labute approximate surface area is 170 Å². The van der Waals surface area contributed by atoms with E-state index < -0.39 is 0 Å². The Kier molecular flexibility index (Phi) is 15.7. The third kappa shape index (κ3) is 18.4. The third-order valence-corrected chi connectivity index (χ3v) is 2.63. The van der Waals surface area contributed by atoms with Crippen LogP contribution in [0.3, 0.4) is 0 Å². The molecule has 0 aliphatic heterocycles. The maximum absolute atomic E-state index is 5.29. The largest absolute Gasteiger partial charge is 1.00 e. The Balaban J connectivity index is -0.00000180. The van der Waals surface area contributed by atoms with E-state index in [0.29, 0.717) is 13.2 Å². The van der Waals surface area contributed by atoms with Crippen LogP contribution in [0.25, 0.3) is 0 Å². The Hall–Kier alpha value is 0.320. The fourth-order valence-corrected chi connectivity index (χ4v) is 1.05. The molecule has 0 N–H and O–H groups in total. The van der Waals surface area contributed by atoms with Gasteiger partial charge >= 0.3 is 0 Å². The Morgan fingerprint density at radius 3 is 1.18 bits per heavy atom. The maximum Gasteiger partial charge on any atom is 0.165 e. The minimum absolute atomic E-state index is 0. The second-order valence-corrected chi connectivity index (χ2v) is 7.05. The molecule has 0 aromatic heterocycles. The fourth-order valence-electron chi connectivity index (χ4n) is 1.05. The van der Waals surface area contributed by atoms with Crippen LogP contribution < -0.4 is 48.0 Å². The highest BCUT2D eigenvalue weighted by Gasteiger charge is 2.07. The summed E-state index contributed by atoms with van der Waals surface area (Å²) in [6.45, 7) is 6.74. The predicted octanol–water partition coefficient (Wildman–Crippen LogP) is -4.81. The maximum atomic E-state index is 5.29. The lowest BCUT2D eigenvalue weighted by Gasteiger charge is -2.22. The molecule has 0 aromatic carbocycles. The van der Waals surface area contributed by atoms with Crippen molar-refractivity contribution in [3.8, 4) is 0 Å². The van der Waals surface area contributed by atoms with Crippen molar-refractivity contribution < 1.29 is 66.6 Å². The first-order valence-corrected chi connectivity index (χ1v) is 6.96. The van der Waals surface area contributed by atoms with Crippen molar-refractivity contribution in [3.63, 3.8) is 0 Å². The first kappa shape index (κ1) is 27.2. The van der Waals surface area contributed by atoms with Crippen molar-refractivity contribution in [2.24, 2.45) is 10.3 Å². The minimum Gasteiger partial charge on any atom is -1.00 e. The van der Waals surface area contributed by atoms with Crippen LogP contribution in [0.2, 0.25) is 0 Å². The highest BCUT2D eigenvalue weighted by Crippen LogP contribution is 1.94. The van der Waals surface area contributed by atoms with Gasteiger partial charge < -0.3 is 66.6 Å². The topological polar surface area (TPSA) is 43.2 Å². The number of quaternary nitrogens is 2. The number of nitrogens with zero attached hydrogens (tertiary/aromatic N) is 4. The summed E-state index contributed by atoms with van der Waals surface area (Å²) in [6.07, 6.45) is 0. The number of oxime groups is 2. The van der Waals surface area contributed by atoms with E-state index in [-0.39, 0.29) is 48.0 Å². The number of rotatable bonds is 9. The smallest absolute Gasteiger partial charge is 0.165 e. The van der Waals surface area contributed by atoms with Gasteiger partial charge in [0.15, 0.2) is 13.2 Å². The van der Waals surface area contributed by atoms with Crippen molar-refractivity contribution in [1.82, 2.24) is 0 Å². The molecule has 6 nitrogen and oxygen atoms in total. The van der Waals surface area contributed by atoms with Crippen molar-refractivity contribution in [2.45, 2.75) is 13.8 Å². The Morgan fingerprint density at radius 1 is 0.682 bits per heavy atom. The first-order valence-electron chi connectivity index (χ1n) is 6.96. The first-order chi connectivity index (χ1) is 9.01. The SMILES string of the molecule is CC(=N\OCC[N+](C)(C)C)/C(C)=N/OCC[N+](C)(C)C.[I-].[I-]. The standard InChI is InChI=1S/C14H32N4O2.2HI/c1-13(15-19-11-9-17(3,4)5)14(2)16-20-12-10-18(6,7)8;;/h9-12H2,1-8H3;2*1H/q+2;;/p-2/b15-13+,16-14+;;. The second kappa shape index (κ2) is 12.7. The molecule has 0 atom stereocenters. The zero-order valence-electron chi connectivity index (χ0n) is 15.2. The lowest BCUT2D eigenvalue weighted by molar-refractivity contribution is -0.870. The van der Waals surface area contributed by atoms with Gasteiger partial charge in [-0.1, -0.05) is 10.3 Å². The molecule has 134 valence electrons. The van der Waals surface area contributed by atoms with Gasteiger partial charge in [0.2, 0.25) is 0 Å². The van der Waals surface area contributed by atoms with Crippen molar-refractivity contribution in [1.29, 1.82) is 0 Å². The highest BCUT2D eigenvalue weighted by atomic mass is 127. The Morgan fingerprint density at radius 2 is 0.955 bits per heavy atom. The quantitative estimate of drug-likeness (QED) is 0.0967. The van der Waals surface area contributed by atoms with Crippen LogP contribution in [0.15, 0.2) is 10.3 Å². The van der Waals surface area contributed by atoms with Gasteiger partial charge in [0.25, 0.3) is 0 Å². The Bertz CT molecular complexity index is 314. The van der Waals surface area contributed by atoms with Crippen molar-refractivity contribution in [3.05, 3.63) is 0 Å². The number of hydrogen-bond donors (Lipinski definition) is 0. The molecular formula is C14H32I2N4O2. The summed E-state index contributed by atoms with van der Waals surface area (Å²) in [7, 11) is 12.7. The van der Waals surface area contributed by atoms with E-state index in [4.69, 9.17) is 9.68 Å².